The number of furan rings is 1. The summed E-state index contributed by atoms with van der Waals surface area (Å²) in [6.07, 6.45) is 5.26. The van der Waals surface area contributed by atoms with E-state index in [2.05, 4.69) is 47.8 Å². The number of nitrogens with one attached hydrogen (secondary N) is 1. The molecule has 1 N–H and O–H groups in total. The zero-order valence-corrected chi connectivity index (χ0v) is 12.2. The van der Waals surface area contributed by atoms with Crippen LogP contribution in [0.1, 0.15) is 45.3 Å². The van der Waals surface area contributed by atoms with Crippen molar-refractivity contribution < 1.29 is 4.42 Å². The lowest BCUT2D eigenvalue weighted by atomic mass is 9.75. The molecule has 1 saturated carbocycles. The molecule has 0 bridgehead atoms. The van der Waals surface area contributed by atoms with Gasteiger partial charge >= 0.3 is 0 Å². The predicted octanol–water partition coefficient (Wildman–Crippen LogP) is 3.94. The van der Waals surface area contributed by atoms with Crippen molar-refractivity contribution in [2.75, 3.05) is 0 Å². The predicted molar refractivity (Wildman–Crippen MR) is 74.3 cm³/mol. The minimum absolute atomic E-state index is 0.554. The molecule has 0 spiro atoms. The van der Waals surface area contributed by atoms with Gasteiger partial charge in [0, 0.05) is 6.04 Å². The fraction of sp³-hybridized carbons (Fsp3) is 0.692. The average Bonchev–Trinajstić information content (AvgIpc) is 2.63. The standard InChI is InChI=1S/C13H20INO/c1-13(2)7-5-10(6-8-13)15-9-11-3-4-12(14)16-11/h3-4,10,15H,5-9H2,1-2H3. The van der Waals surface area contributed by atoms with E-state index in [1.807, 2.05) is 6.07 Å². The molecule has 1 aromatic rings. The molecule has 2 rings (SSSR count). The Kier molecular flexibility index (Phi) is 3.95. The van der Waals surface area contributed by atoms with E-state index in [1.54, 1.807) is 0 Å². The van der Waals surface area contributed by atoms with Gasteiger partial charge in [-0.15, -0.1) is 0 Å². The first-order valence-electron chi connectivity index (χ1n) is 6.03. The Labute approximate surface area is 111 Å². The van der Waals surface area contributed by atoms with Crippen molar-refractivity contribution in [3.63, 3.8) is 0 Å². The second kappa shape index (κ2) is 5.08. The Morgan fingerprint density at radius 1 is 1.38 bits per heavy atom. The van der Waals surface area contributed by atoms with Crippen molar-refractivity contribution in [3.8, 4) is 0 Å². The highest BCUT2D eigenvalue weighted by atomic mass is 127. The summed E-state index contributed by atoms with van der Waals surface area (Å²) in [5.74, 6) is 1.05. The summed E-state index contributed by atoms with van der Waals surface area (Å²) in [5, 5.41) is 3.59. The van der Waals surface area contributed by atoms with E-state index in [1.165, 1.54) is 25.7 Å². The Bertz CT molecular complexity index is 335. The molecule has 0 saturated heterocycles. The SMILES string of the molecule is CC1(C)CCC(NCc2ccc(I)o2)CC1. The summed E-state index contributed by atoms with van der Waals surface area (Å²) in [6.45, 7) is 5.62. The van der Waals surface area contributed by atoms with E-state index in [0.717, 1.165) is 16.1 Å². The number of halogens is 1. The van der Waals surface area contributed by atoms with Crippen LogP contribution in [-0.2, 0) is 6.54 Å². The fourth-order valence-electron chi connectivity index (χ4n) is 2.30. The van der Waals surface area contributed by atoms with Gasteiger partial charge in [0.05, 0.1) is 6.54 Å². The first kappa shape index (κ1) is 12.4. The van der Waals surface area contributed by atoms with E-state index in [9.17, 15) is 0 Å². The van der Waals surface area contributed by atoms with Gasteiger partial charge in [-0.05, 0) is 65.8 Å². The van der Waals surface area contributed by atoms with E-state index in [4.69, 9.17) is 4.42 Å². The summed E-state index contributed by atoms with van der Waals surface area (Å²) in [5.41, 5.74) is 0.554. The Morgan fingerprint density at radius 3 is 2.62 bits per heavy atom. The minimum Gasteiger partial charge on any atom is -0.454 e. The second-order valence-corrected chi connectivity index (χ2v) is 6.59. The first-order chi connectivity index (χ1) is 7.55. The van der Waals surface area contributed by atoms with Crippen LogP contribution in [0.25, 0.3) is 0 Å². The molecule has 3 heteroatoms. The summed E-state index contributed by atoms with van der Waals surface area (Å²) in [6, 6.07) is 4.75. The third-order valence-corrected chi connectivity index (χ3v) is 4.11. The number of rotatable bonds is 3. The third-order valence-electron chi connectivity index (χ3n) is 3.53. The fourth-order valence-corrected chi connectivity index (χ4v) is 2.76. The molecule has 16 heavy (non-hydrogen) atoms. The van der Waals surface area contributed by atoms with Crippen LogP contribution >= 0.6 is 22.6 Å². The molecule has 2 nitrogen and oxygen atoms in total. The maximum atomic E-state index is 5.54. The van der Waals surface area contributed by atoms with Gasteiger partial charge < -0.3 is 9.73 Å². The summed E-state index contributed by atoms with van der Waals surface area (Å²) in [7, 11) is 0. The van der Waals surface area contributed by atoms with Crippen LogP contribution < -0.4 is 5.32 Å². The second-order valence-electron chi connectivity index (χ2n) is 5.53. The van der Waals surface area contributed by atoms with Crippen molar-refractivity contribution in [2.24, 2.45) is 5.41 Å². The average molecular weight is 333 g/mol. The lowest BCUT2D eigenvalue weighted by molar-refractivity contribution is 0.204. The van der Waals surface area contributed by atoms with Crippen LogP contribution in [-0.4, -0.2) is 6.04 Å². The number of hydrogen-bond donors (Lipinski definition) is 1. The molecule has 0 unspecified atom stereocenters. The van der Waals surface area contributed by atoms with Gasteiger partial charge in [-0.1, -0.05) is 13.8 Å². The Hall–Kier alpha value is -0.0300. The van der Waals surface area contributed by atoms with E-state index < -0.39 is 0 Å². The van der Waals surface area contributed by atoms with Gasteiger partial charge in [0.25, 0.3) is 0 Å². The maximum Gasteiger partial charge on any atom is 0.164 e. The van der Waals surface area contributed by atoms with Crippen LogP contribution in [0, 0.1) is 9.18 Å². The van der Waals surface area contributed by atoms with E-state index in [-0.39, 0.29) is 0 Å². The van der Waals surface area contributed by atoms with Crippen LogP contribution in [0.3, 0.4) is 0 Å². The molecule has 1 aromatic heterocycles. The van der Waals surface area contributed by atoms with Crippen molar-refractivity contribution in [2.45, 2.75) is 52.1 Å². The molecule has 0 aromatic carbocycles. The van der Waals surface area contributed by atoms with Crippen LogP contribution in [0.15, 0.2) is 16.5 Å². The van der Waals surface area contributed by atoms with Crippen LogP contribution in [0.5, 0.6) is 0 Å². The molecule has 0 atom stereocenters. The maximum absolute atomic E-state index is 5.54. The van der Waals surface area contributed by atoms with E-state index in [0.29, 0.717) is 11.5 Å². The molecule has 1 aliphatic carbocycles. The Morgan fingerprint density at radius 2 is 2.06 bits per heavy atom. The molecule has 0 aliphatic heterocycles. The molecule has 1 aliphatic rings. The van der Waals surface area contributed by atoms with Crippen molar-refractivity contribution in [1.29, 1.82) is 0 Å². The zero-order chi connectivity index (χ0) is 11.6. The molecule has 1 fully saturated rings. The summed E-state index contributed by atoms with van der Waals surface area (Å²) < 4.78 is 6.51. The van der Waals surface area contributed by atoms with Gasteiger partial charge in [-0.3, -0.25) is 0 Å². The highest BCUT2D eigenvalue weighted by molar-refractivity contribution is 14.1. The highest BCUT2D eigenvalue weighted by Crippen LogP contribution is 2.35. The highest BCUT2D eigenvalue weighted by Gasteiger charge is 2.26. The lowest BCUT2D eigenvalue weighted by Gasteiger charge is -2.34. The first-order valence-corrected chi connectivity index (χ1v) is 7.11. The number of hydrogen-bond acceptors (Lipinski definition) is 2. The van der Waals surface area contributed by atoms with Crippen LogP contribution in [0.4, 0.5) is 0 Å². The quantitative estimate of drug-likeness (QED) is 0.848. The van der Waals surface area contributed by atoms with Gasteiger partial charge in [0.15, 0.2) is 3.77 Å². The monoisotopic (exact) mass is 333 g/mol. The molecular formula is C13H20INO. The molecule has 0 radical (unpaired) electrons. The third kappa shape index (κ3) is 3.48. The molecule has 90 valence electrons. The molecular weight excluding hydrogens is 313 g/mol. The van der Waals surface area contributed by atoms with E-state index >= 15 is 0 Å². The topological polar surface area (TPSA) is 25.2 Å². The van der Waals surface area contributed by atoms with Crippen LogP contribution in [0.2, 0.25) is 0 Å². The molecule has 1 heterocycles. The van der Waals surface area contributed by atoms with Gasteiger partial charge in [-0.2, -0.15) is 0 Å². The molecule has 0 amide bonds. The van der Waals surface area contributed by atoms with Crippen molar-refractivity contribution >= 4 is 22.6 Å². The van der Waals surface area contributed by atoms with Gasteiger partial charge in [0.1, 0.15) is 5.76 Å². The van der Waals surface area contributed by atoms with Gasteiger partial charge in [0.2, 0.25) is 0 Å². The minimum atomic E-state index is 0.554. The normalized spacial score (nSPS) is 21.2. The van der Waals surface area contributed by atoms with Crippen molar-refractivity contribution in [1.82, 2.24) is 5.32 Å². The summed E-state index contributed by atoms with van der Waals surface area (Å²) in [4.78, 5) is 0. The van der Waals surface area contributed by atoms with Gasteiger partial charge in [-0.25, -0.2) is 0 Å². The Balaban J connectivity index is 1.75. The lowest BCUT2D eigenvalue weighted by Crippen LogP contribution is -2.35. The van der Waals surface area contributed by atoms with Crippen molar-refractivity contribution in [3.05, 3.63) is 21.7 Å². The summed E-state index contributed by atoms with van der Waals surface area (Å²) >= 11 is 2.20. The largest absolute Gasteiger partial charge is 0.454 e. The smallest absolute Gasteiger partial charge is 0.164 e. The zero-order valence-electron chi connectivity index (χ0n) is 10.1.